The van der Waals surface area contributed by atoms with Gasteiger partial charge in [-0.15, -0.1) is 0 Å². The van der Waals surface area contributed by atoms with Crippen molar-refractivity contribution in [3.8, 4) is 0 Å². The lowest BCUT2D eigenvalue weighted by Gasteiger charge is -2.43. The largest absolute Gasteiger partial charge is 0.481 e. The second-order valence-electron chi connectivity index (χ2n) is 7.75. The molecule has 1 heterocycles. The predicted octanol–water partition coefficient (Wildman–Crippen LogP) is 0.714. The number of carbonyl (C=O) groups is 4. The summed E-state index contributed by atoms with van der Waals surface area (Å²) < 4.78 is 0. The van der Waals surface area contributed by atoms with Gasteiger partial charge in [-0.25, -0.2) is 4.79 Å². The first kappa shape index (κ1) is 18.2. The molecule has 134 valence electrons. The molecule has 1 aliphatic carbocycles. The zero-order chi connectivity index (χ0) is 18.1. The number of hydrogen-bond donors (Lipinski definition) is 3. The second kappa shape index (κ2) is 6.41. The van der Waals surface area contributed by atoms with Gasteiger partial charge in [0.15, 0.2) is 0 Å². The number of nitrogens with one attached hydrogen (secondary N) is 2. The number of nitrogens with zero attached hydrogens (tertiary/aromatic N) is 1. The number of hydrogen-bond acceptors (Lipinski definition) is 4. The Labute approximate surface area is 141 Å². The Hall–Kier alpha value is -2.12. The van der Waals surface area contributed by atoms with Gasteiger partial charge in [0, 0.05) is 6.54 Å². The molecule has 3 N–H and O–H groups in total. The van der Waals surface area contributed by atoms with Crippen LogP contribution in [0.4, 0.5) is 4.79 Å². The number of rotatable bonds is 5. The lowest BCUT2D eigenvalue weighted by molar-refractivity contribution is -0.138. The highest BCUT2D eigenvalue weighted by Gasteiger charge is 2.56. The van der Waals surface area contributed by atoms with Crippen molar-refractivity contribution < 1.29 is 24.3 Å². The number of amides is 4. The fourth-order valence-corrected chi connectivity index (χ4v) is 4.16. The van der Waals surface area contributed by atoms with Crippen LogP contribution in [0.5, 0.6) is 0 Å². The summed E-state index contributed by atoms with van der Waals surface area (Å²) in [5.74, 6) is -1.63. The summed E-state index contributed by atoms with van der Waals surface area (Å²) in [6, 6.07) is -0.557. The molecule has 2 fully saturated rings. The topological polar surface area (TPSA) is 116 Å². The van der Waals surface area contributed by atoms with Crippen LogP contribution in [-0.2, 0) is 14.4 Å². The fourth-order valence-electron chi connectivity index (χ4n) is 4.16. The average molecular weight is 339 g/mol. The van der Waals surface area contributed by atoms with E-state index in [1.807, 2.05) is 0 Å². The highest BCUT2D eigenvalue weighted by molar-refractivity contribution is 6.09. The van der Waals surface area contributed by atoms with Crippen LogP contribution in [0.1, 0.15) is 46.5 Å². The molecule has 0 unspecified atom stereocenters. The van der Waals surface area contributed by atoms with E-state index in [2.05, 4.69) is 31.4 Å². The third-order valence-electron chi connectivity index (χ3n) is 4.59. The fraction of sp³-hybridized carbons (Fsp3) is 0.750. The molecule has 8 nitrogen and oxygen atoms in total. The Morgan fingerprint density at radius 2 is 2.00 bits per heavy atom. The van der Waals surface area contributed by atoms with Gasteiger partial charge in [0.05, 0.1) is 6.42 Å². The second-order valence-corrected chi connectivity index (χ2v) is 7.75. The number of urea groups is 1. The molecule has 1 saturated carbocycles. The van der Waals surface area contributed by atoms with E-state index in [0.29, 0.717) is 18.8 Å². The molecular formula is C16H25N3O5. The molecule has 0 radical (unpaired) electrons. The monoisotopic (exact) mass is 339 g/mol. The van der Waals surface area contributed by atoms with Gasteiger partial charge >= 0.3 is 12.0 Å². The van der Waals surface area contributed by atoms with Gasteiger partial charge in [0.1, 0.15) is 12.1 Å². The number of aliphatic carboxylic acids is 1. The van der Waals surface area contributed by atoms with E-state index < -0.39 is 23.4 Å². The van der Waals surface area contributed by atoms with E-state index >= 15 is 0 Å². The summed E-state index contributed by atoms with van der Waals surface area (Å²) in [6.07, 6.45) is 1.89. The summed E-state index contributed by atoms with van der Waals surface area (Å²) in [5, 5.41) is 13.8. The molecular weight excluding hydrogens is 314 g/mol. The summed E-state index contributed by atoms with van der Waals surface area (Å²) in [7, 11) is 0. The summed E-state index contributed by atoms with van der Waals surface area (Å²) in [6.45, 7) is 5.79. The predicted molar refractivity (Wildman–Crippen MR) is 85.0 cm³/mol. The summed E-state index contributed by atoms with van der Waals surface area (Å²) in [4.78, 5) is 48.3. The lowest BCUT2D eigenvalue weighted by atomic mass is 9.64. The highest BCUT2D eigenvalue weighted by atomic mass is 16.4. The molecule has 0 aromatic carbocycles. The van der Waals surface area contributed by atoms with Crippen LogP contribution >= 0.6 is 0 Å². The molecule has 8 heteroatoms. The Morgan fingerprint density at radius 1 is 1.33 bits per heavy atom. The van der Waals surface area contributed by atoms with Crippen LogP contribution in [0, 0.1) is 11.3 Å². The minimum atomic E-state index is -1.03. The maximum absolute atomic E-state index is 12.8. The van der Waals surface area contributed by atoms with Crippen molar-refractivity contribution in [3.63, 3.8) is 0 Å². The maximum atomic E-state index is 12.8. The van der Waals surface area contributed by atoms with E-state index in [-0.39, 0.29) is 30.8 Å². The SMILES string of the molecule is C[C@H]1CC(C)(C)C[C@]2(C1)NC(=O)N(CC(=O)NCCC(=O)O)C2=O. The van der Waals surface area contributed by atoms with Crippen molar-refractivity contribution in [1.29, 1.82) is 0 Å². The molecule has 0 aromatic heterocycles. The standard InChI is InChI=1S/C16H25N3O5/c1-10-6-15(2,3)9-16(7-10)13(23)19(14(24)18-16)8-11(20)17-5-4-12(21)22/h10H,4-9H2,1-3H3,(H,17,20)(H,18,24)(H,21,22)/t10-,16-/m0/s1. The van der Waals surface area contributed by atoms with Crippen molar-refractivity contribution in [2.45, 2.75) is 52.0 Å². The average Bonchev–Trinajstić information content (AvgIpc) is 2.60. The number of carboxylic acids is 1. The maximum Gasteiger partial charge on any atom is 0.325 e. The Bertz CT molecular complexity index is 574. The zero-order valence-corrected chi connectivity index (χ0v) is 14.3. The molecule has 2 atom stereocenters. The first-order valence-electron chi connectivity index (χ1n) is 8.17. The first-order chi connectivity index (χ1) is 11.0. The lowest BCUT2D eigenvalue weighted by Crippen LogP contribution is -2.54. The van der Waals surface area contributed by atoms with Crippen LogP contribution in [0.3, 0.4) is 0 Å². The molecule has 1 spiro atoms. The Balaban J connectivity index is 2.03. The van der Waals surface area contributed by atoms with Gasteiger partial charge in [-0.1, -0.05) is 20.8 Å². The van der Waals surface area contributed by atoms with E-state index in [1.54, 1.807) is 0 Å². The van der Waals surface area contributed by atoms with Crippen LogP contribution in [-0.4, -0.2) is 52.4 Å². The molecule has 0 aromatic rings. The van der Waals surface area contributed by atoms with Crippen LogP contribution in [0.15, 0.2) is 0 Å². The zero-order valence-electron chi connectivity index (χ0n) is 14.3. The summed E-state index contributed by atoms with van der Waals surface area (Å²) >= 11 is 0. The molecule has 2 rings (SSSR count). The van der Waals surface area contributed by atoms with Gasteiger partial charge < -0.3 is 15.7 Å². The van der Waals surface area contributed by atoms with Crippen LogP contribution in [0.2, 0.25) is 0 Å². The molecule has 0 bridgehead atoms. The molecule has 4 amide bonds. The third kappa shape index (κ3) is 3.85. The van der Waals surface area contributed by atoms with Crippen molar-refractivity contribution in [2.75, 3.05) is 13.1 Å². The van der Waals surface area contributed by atoms with Gasteiger partial charge in [-0.2, -0.15) is 0 Å². The van der Waals surface area contributed by atoms with Gasteiger partial charge in [0.25, 0.3) is 5.91 Å². The van der Waals surface area contributed by atoms with E-state index in [1.165, 1.54) is 0 Å². The molecule has 1 saturated heterocycles. The smallest absolute Gasteiger partial charge is 0.325 e. The normalized spacial score (nSPS) is 28.8. The number of carbonyl (C=O) groups excluding carboxylic acids is 3. The van der Waals surface area contributed by atoms with Gasteiger partial charge in [-0.05, 0) is 30.6 Å². The van der Waals surface area contributed by atoms with Crippen molar-refractivity contribution >= 4 is 23.8 Å². The van der Waals surface area contributed by atoms with Crippen molar-refractivity contribution in [2.24, 2.45) is 11.3 Å². The molecule has 1 aliphatic heterocycles. The Kier molecular flexibility index (Phi) is 4.87. The van der Waals surface area contributed by atoms with Crippen molar-refractivity contribution in [1.82, 2.24) is 15.5 Å². The number of carboxylic acid groups (broad SMARTS) is 1. The van der Waals surface area contributed by atoms with E-state index in [0.717, 1.165) is 11.3 Å². The first-order valence-corrected chi connectivity index (χ1v) is 8.17. The highest BCUT2D eigenvalue weighted by Crippen LogP contribution is 2.46. The molecule has 24 heavy (non-hydrogen) atoms. The van der Waals surface area contributed by atoms with Gasteiger partial charge in [-0.3, -0.25) is 19.3 Å². The third-order valence-corrected chi connectivity index (χ3v) is 4.59. The molecule has 2 aliphatic rings. The van der Waals surface area contributed by atoms with Gasteiger partial charge in [0.2, 0.25) is 5.91 Å². The van der Waals surface area contributed by atoms with Crippen LogP contribution in [0.25, 0.3) is 0 Å². The minimum absolute atomic E-state index is 0.0347. The number of imide groups is 1. The van der Waals surface area contributed by atoms with Crippen LogP contribution < -0.4 is 10.6 Å². The quantitative estimate of drug-likeness (QED) is 0.638. The minimum Gasteiger partial charge on any atom is -0.481 e. The Morgan fingerprint density at radius 3 is 2.58 bits per heavy atom. The summed E-state index contributed by atoms with van der Waals surface area (Å²) in [5.41, 5.74) is -1.00. The van der Waals surface area contributed by atoms with Crippen molar-refractivity contribution in [3.05, 3.63) is 0 Å². The van der Waals surface area contributed by atoms with E-state index in [4.69, 9.17) is 5.11 Å². The van der Waals surface area contributed by atoms with E-state index in [9.17, 15) is 19.2 Å².